The summed E-state index contributed by atoms with van der Waals surface area (Å²) in [6, 6.07) is 10.7. The van der Waals surface area contributed by atoms with Crippen molar-refractivity contribution in [3.05, 3.63) is 46.4 Å². The minimum atomic E-state index is 0.281. The minimum absolute atomic E-state index is 0.281. The monoisotopic (exact) mass is 261 g/mol. The number of anilines is 1. The van der Waals surface area contributed by atoms with Gasteiger partial charge < -0.3 is 10.6 Å². The third-order valence-electron chi connectivity index (χ3n) is 3.07. The number of para-hydroxylation sites is 1. The first-order valence-electron chi connectivity index (χ1n) is 6.14. The number of aromatic nitrogens is 1. The second-order valence-corrected chi connectivity index (χ2v) is 5.23. The van der Waals surface area contributed by atoms with Gasteiger partial charge in [-0.25, -0.2) is 4.98 Å². The van der Waals surface area contributed by atoms with Crippen molar-refractivity contribution in [3.8, 4) is 0 Å². The van der Waals surface area contributed by atoms with Crippen molar-refractivity contribution in [3.63, 3.8) is 0 Å². The molecule has 1 aromatic heterocycles. The molecule has 0 radical (unpaired) electrons. The molecule has 4 heteroatoms. The van der Waals surface area contributed by atoms with Crippen molar-refractivity contribution in [2.45, 2.75) is 19.4 Å². The summed E-state index contributed by atoms with van der Waals surface area (Å²) in [5.74, 6) is 0. The van der Waals surface area contributed by atoms with Crippen LogP contribution in [0.3, 0.4) is 0 Å². The molecular formula is C14H19N3S. The molecule has 0 aliphatic carbocycles. The summed E-state index contributed by atoms with van der Waals surface area (Å²) in [5.41, 5.74) is 7.86. The van der Waals surface area contributed by atoms with Gasteiger partial charge in [0.2, 0.25) is 0 Å². The van der Waals surface area contributed by atoms with Crippen molar-refractivity contribution in [2.24, 2.45) is 5.73 Å². The number of hydrogen-bond acceptors (Lipinski definition) is 4. The van der Waals surface area contributed by atoms with Gasteiger partial charge in [-0.1, -0.05) is 18.2 Å². The third-order valence-corrected chi connectivity index (χ3v) is 4.14. The number of nitrogens with two attached hydrogens (primary N) is 1. The van der Waals surface area contributed by atoms with Gasteiger partial charge in [-0.2, -0.15) is 0 Å². The molecule has 1 heterocycles. The van der Waals surface area contributed by atoms with Crippen LogP contribution in [-0.4, -0.2) is 18.6 Å². The number of benzene rings is 1. The minimum Gasteiger partial charge on any atom is -0.365 e. The average molecular weight is 261 g/mol. The van der Waals surface area contributed by atoms with Crippen LogP contribution in [-0.2, 0) is 6.42 Å². The van der Waals surface area contributed by atoms with E-state index >= 15 is 0 Å². The van der Waals surface area contributed by atoms with Crippen LogP contribution in [0.25, 0.3) is 0 Å². The molecule has 96 valence electrons. The Morgan fingerprint density at radius 1 is 1.33 bits per heavy atom. The smallest absolute Gasteiger partial charge is 0.115 e. The van der Waals surface area contributed by atoms with Gasteiger partial charge in [0.05, 0.1) is 11.7 Å². The number of nitrogens with zero attached hydrogens (tertiary/aromatic N) is 2. The predicted octanol–water partition coefficient (Wildman–Crippen LogP) is 2.84. The first-order chi connectivity index (χ1) is 8.72. The SMILES string of the molecule is CC(c1nc(CCN)cs1)N(C)c1ccccc1. The molecule has 0 saturated carbocycles. The van der Waals surface area contributed by atoms with E-state index in [1.165, 1.54) is 5.69 Å². The number of thiazole rings is 1. The largest absolute Gasteiger partial charge is 0.365 e. The maximum atomic E-state index is 5.55. The zero-order valence-corrected chi connectivity index (χ0v) is 11.7. The molecular weight excluding hydrogens is 242 g/mol. The van der Waals surface area contributed by atoms with Gasteiger partial charge in [-0.15, -0.1) is 11.3 Å². The first kappa shape index (κ1) is 13.1. The van der Waals surface area contributed by atoms with Crippen LogP contribution < -0.4 is 10.6 Å². The Kier molecular flexibility index (Phi) is 4.33. The molecule has 0 spiro atoms. The molecule has 1 atom stereocenters. The first-order valence-corrected chi connectivity index (χ1v) is 7.02. The van der Waals surface area contributed by atoms with Crippen LogP contribution in [0.5, 0.6) is 0 Å². The highest BCUT2D eigenvalue weighted by Gasteiger charge is 2.15. The molecule has 3 nitrogen and oxygen atoms in total. The second kappa shape index (κ2) is 5.98. The third kappa shape index (κ3) is 2.89. The second-order valence-electron chi connectivity index (χ2n) is 4.34. The summed E-state index contributed by atoms with van der Waals surface area (Å²) in [5, 5.41) is 3.25. The van der Waals surface area contributed by atoms with Crippen molar-refractivity contribution in [2.75, 3.05) is 18.5 Å². The molecule has 0 aliphatic rings. The highest BCUT2D eigenvalue weighted by Crippen LogP contribution is 2.27. The van der Waals surface area contributed by atoms with Gasteiger partial charge in [0, 0.05) is 24.5 Å². The van der Waals surface area contributed by atoms with Crippen molar-refractivity contribution < 1.29 is 0 Å². The van der Waals surface area contributed by atoms with Crippen molar-refractivity contribution >= 4 is 17.0 Å². The van der Waals surface area contributed by atoms with Crippen LogP contribution in [0.15, 0.2) is 35.7 Å². The van der Waals surface area contributed by atoms with Crippen LogP contribution >= 0.6 is 11.3 Å². The van der Waals surface area contributed by atoms with Crippen LogP contribution in [0.4, 0.5) is 5.69 Å². The van der Waals surface area contributed by atoms with Crippen LogP contribution in [0, 0.1) is 0 Å². The Bertz CT molecular complexity index is 481. The number of rotatable bonds is 5. The van der Waals surface area contributed by atoms with E-state index in [0.717, 1.165) is 17.1 Å². The normalized spacial score (nSPS) is 12.4. The van der Waals surface area contributed by atoms with E-state index in [9.17, 15) is 0 Å². The predicted molar refractivity (Wildman–Crippen MR) is 78.1 cm³/mol. The zero-order chi connectivity index (χ0) is 13.0. The van der Waals surface area contributed by atoms with E-state index in [0.29, 0.717) is 6.54 Å². The molecule has 18 heavy (non-hydrogen) atoms. The van der Waals surface area contributed by atoms with Crippen LogP contribution in [0.1, 0.15) is 23.7 Å². The Morgan fingerprint density at radius 2 is 2.06 bits per heavy atom. The fourth-order valence-corrected chi connectivity index (χ4v) is 2.78. The topological polar surface area (TPSA) is 42.1 Å². The quantitative estimate of drug-likeness (QED) is 0.900. The maximum absolute atomic E-state index is 5.55. The van der Waals surface area contributed by atoms with E-state index in [4.69, 9.17) is 5.73 Å². The molecule has 2 aromatic rings. The summed E-state index contributed by atoms with van der Waals surface area (Å²) in [7, 11) is 2.10. The fourth-order valence-electron chi connectivity index (χ4n) is 1.83. The lowest BCUT2D eigenvalue weighted by Crippen LogP contribution is -2.21. The Balaban J connectivity index is 2.12. The summed E-state index contributed by atoms with van der Waals surface area (Å²) in [6.45, 7) is 2.84. The molecule has 0 saturated heterocycles. The molecule has 2 N–H and O–H groups in total. The maximum Gasteiger partial charge on any atom is 0.115 e. The molecule has 1 unspecified atom stereocenters. The van der Waals surface area contributed by atoms with Gasteiger partial charge in [-0.3, -0.25) is 0 Å². The average Bonchev–Trinajstić information content (AvgIpc) is 2.87. The lowest BCUT2D eigenvalue weighted by molar-refractivity contribution is 0.727. The molecule has 0 aliphatic heterocycles. The standard InChI is InChI=1S/C14H19N3S/c1-11(14-16-12(8-9-15)10-18-14)17(2)13-6-4-3-5-7-13/h3-7,10-11H,8-9,15H2,1-2H3. The zero-order valence-electron chi connectivity index (χ0n) is 10.8. The Hall–Kier alpha value is -1.39. The van der Waals surface area contributed by atoms with E-state index < -0.39 is 0 Å². The van der Waals surface area contributed by atoms with Gasteiger partial charge in [0.1, 0.15) is 5.01 Å². The van der Waals surface area contributed by atoms with Crippen molar-refractivity contribution in [1.29, 1.82) is 0 Å². The summed E-state index contributed by atoms with van der Waals surface area (Å²) in [4.78, 5) is 6.88. The molecule has 0 fully saturated rings. The summed E-state index contributed by atoms with van der Waals surface area (Å²) < 4.78 is 0. The lowest BCUT2D eigenvalue weighted by atomic mass is 10.2. The molecule has 0 bridgehead atoms. The molecule has 2 rings (SSSR count). The van der Waals surface area contributed by atoms with Gasteiger partial charge in [-0.05, 0) is 25.6 Å². The van der Waals surface area contributed by atoms with E-state index in [1.807, 2.05) is 6.07 Å². The van der Waals surface area contributed by atoms with Gasteiger partial charge in [0.15, 0.2) is 0 Å². The van der Waals surface area contributed by atoms with E-state index in [-0.39, 0.29) is 6.04 Å². The van der Waals surface area contributed by atoms with E-state index in [1.54, 1.807) is 11.3 Å². The Labute approximate surface area is 112 Å². The molecule has 1 aromatic carbocycles. The highest BCUT2D eigenvalue weighted by molar-refractivity contribution is 7.09. The summed E-state index contributed by atoms with van der Waals surface area (Å²) >= 11 is 1.71. The van der Waals surface area contributed by atoms with E-state index in [2.05, 4.69) is 53.5 Å². The Morgan fingerprint density at radius 3 is 2.72 bits per heavy atom. The van der Waals surface area contributed by atoms with Crippen LogP contribution in [0.2, 0.25) is 0 Å². The van der Waals surface area contributed by atoms with Gasteiger partial charge >= 0.3 is 0 Å². The highest BCUT2D eigenvalue weighted by atomic mass is 32.1. The summed E-state index contributed by atoms with van der Waals surface area (Å²) in [6.07, 6.45) is 0.859. The lowest BCUT2D eigenvalue weighted by Gasteiger charge is -2.25. The fraction of sp³-hybridized carbons (Fsp3) is 0.357. The van der Waals surface area contributed by atoms with Gasteiger partial charge in [0.25, 0.3) is 0 Å². The number of hydrogen-bond donors (Lipinski definition) is 1. The van der Waals surface area contributed by atoms with Crippen molar-refractivity contribution in [1.82, 2.24) is 4.98 Å². The molecule has 0 amide bonds.